The van der Waals surface area contributed by atoms with Crippen LogP contribution in [0.1, 0.15) is 43.3 Å². The first-order chi connectivity index (χ1) is 13.4. The van der Waals surface area contributed by atoms with Gasteiger partial charge < -0.3 is 14.8 Å². The van der Waals surface area contributed by atoms with Crippen molar-refractivity contribution in [1.29, 1.82) is 0 Å². The number of aromatic nitrogens is 2. The van der Waals surface area contributed by atoms with Gasteiger partial charge in [0, 0.05) is 13.0 Å². The van der Waals surface area contributed by atoms with Gasteiger partial charge in [-0.25, -0.2) is 4.98 Å². The van der Waals surface area contributed by atoms with E-state index in [0.717, 1.165) is 48.3 Å². The molecule has 0 aliphatic carbocycles. The molecule has 0 aliphatic heterocycles. The quantitative estimate of drug-likeness (QED) is 0.543. The Morgan fingerprint density at radius 2 is 1.86 bits per heavy atom. The Hall–Kier alpha value is -2.66. The van der Waals surface area contributed by atoms with Crippen molar-refractivity contribution < 1.29 is 14.6 Å². The molecule has 148 valence electrons. The van der Waals surface area contributed by atoms with Crippen molar-refractivity contribution in [2.75, 3.05) is 13.2 Å². The van der Waals surface area contributed by atoms with E-state index in [0.29, 0.717) is 6.61 Å². The molecule has 5 nitrogen and oxygen atoms in total. The normalized spacial score (nSPS) is 11.8. The Bertz CT molecular complexity index is 942. The second-order valence-electron chi connectivity index (χ2n) is 7.57. The number of aliphatic carboxylic acids is 1. The van der Waals surface area contributed by atoms with E-state index < -0.39 is 11.4 Å². The molecule has 2 aromatic carbocycles. The van der Waals surface area contributed by atoms with Crippen molar-refractivity contribution in [3.63, 3.8) is 0 Å². The van der Waals surface area contributed by atoms with Crippen LogP contribution in [0.5, 0.6) is 0 Å². The van der Waals surface area contributed by atoms with Crippen LogP contribution >= 0.6 is 0 Å². The first kappa shape index (κ1) is 20.1. The number of ether oxygens (including phenoxy) is 1. The summed E-state index contributed by atoms with van der Waals surface area (Å²) in [4.78, 5) is 19.6. The first-order valence-electron chi connectivity index (χ1n) is 9.79. The van der Waals surface area contributed by atoms with Gasteiger partial charge in [0.05, 0.1) is 23.1 Å². The number of H-pyrrole nitrogens is 1. The van der Waals surface area contributed by atoms with Gasteiger partial charge in [0.2, 0.25) is 0 Å². The number of nitrogens with one attached hydrogen (secondary N) is 1. The topological polar surface area (TPSA) is 75.2 Å². The molecule has 0 unspecified atom stereocenters. The number of carbonyl (C=O) groups is 1. The van der Waals surface area contributed by atoms with Crippen LogP contribution in [0.4, 0.5) is 0 Å². The lowest BCUT2D eigenvalue weighted by Gasteiger charge is -2.19. The molecule has 2 N–H and O–H groups in total. The number of benzene rings is 2. The summed E-state index contributed by atoms with van der Waals surface area (Å²) in [7, 11) is 0. The molecular formula is C23H28N2O3. The van der Waals surface area contributed by atoms with Crippen molar-refractivity contribution in [2.45, 2.75) is 45.4 Å². The van der Waals surface area contributed by atoms with Gasteiger partial charge in [0.25, 0.3) is 0 Å². The standard InChI is InChI=1S/C23H28N2O3/c1-4-28-15-14-17-6-5-7-19-21(17)25-20(24-19)13-10-16-8-11-18(12-9-16)23(2,3)22(26)27/h5-9,11-12H,4,10,13-15H2,1-3H3,(H,24,25)(H,26,27). The molecule has 0 amide bonds. The molecular weight excluding hydrogens is 352 g/mol. The molecule has 0 saturated carbocycles. The van der Waals surface area contributed by atoms with Crippen LogP contribution in [0.25, 0.3) is 11.0 Å². The van der Waals surface area contributed by atoms with Crippen LogP contribution in [0.2, 0.25) is 0 Å². The number of carboxylic acid groups (broad SMARTS) is 1. The first-order valence-corrected chi connectivity index (χ1v) is 9.79. The summed E-state index contributed by atoms with van der Waals surface area (Å²) in [6, 6.07) is 14.1. The highest BCUT2D eigenvalue weighted by molar-refractivity contribution is 5.80. The Labute approximate surface area is 165 Å². The van der Waals surface area contributed by atoms with Crippen LogP contribution < -0.4 is 0 Å². The number of rotatable bonds is 9. The zero-order valence-corrected chi connectivity index (χ0v) is 16.8. The maximum Gasteiger partial charge on any atom is 0.313 e. The van der Waals surface area contributed by atoms with E-state index in [4.69, 9.17) is 9.72 Å². The number of imidazole rings is 1. The lowest BCUT2D eigenvalue weighted by Crippen LogP contribution is -2.28. The number of hydrogen-bond acceptors (Lipinski definition) is 3. The second-order valence-corrected chi connectivity index (χ2v) is 7.57. The van der Waals surface area contributed by atoms with Gasteiger partial charge in [0.15, 0.2) is 0 Å². The van der Waals surface area contributed by atoms with E-state index in [-0.39, 0.29) is 0 Å². The number of aromatic amines is 1. The Morgan fingerprint density at radius 3 is 2.54 bits per heavy atom. The summed E-state index contributed by atoms with van der Waals surface area (Å²) in [5, 5.41) is 9.36. The minimum absolute atomic E-state index is 0.705. The van der Waals surface area contributed by atoms with E-state index in [2.05, 4.69) is 23.2 Å². The van der Waals surface area contributed by atoms with Crippen LogP contribution in [0.3, 0.4) is 0 Å². The zero-order valence-electron chi connectivity index (χ0n) is 16.8. The molecule has 0 fully saturated rings. The molecule has 0 saturated heterocycles. The molecule has 1 aromatic heterocycles. The number of carboxylic acids is 1. The highest BCUT2D eigenvalue weighted by Gasteiger charge is 2.29. The minimum Gasteiger partial charge on any atom is -0.481 e. The van der Waals surface area contributed by atoms with Crippen LogP contribution in [-0.4, -0.2) is 34.3 Å². The number of aryl methyl sites for hydroxylation is 2. The van der Waals surface area contributed by atoms with Crippen molar-refractivity contribution in [1.82, 2.24) is 9.97 Å². The molecule has 0 radical (unpaired) electrons. The summed E-state index contributed by atoms with van der Waals surface area (Å²) in [5.41, 5.74) is 4.38. The summed E-state index contributed by atoms with van der Waals surface area (Å²) < 4.78 is 5.47. The van der Waals surface area contributed by atoms with Gasteiger partial charge >= 0.3 is 5.97 Å². The van der Waals surface area contributed by atoms with E-state index in [1.807, 2.05) is 31.2 Å². The average molecular weight is 380 g/mol. The minimum atomic E-state index is -0.880. The van der Waals surface area contributed by atoms with E-state index in [1.54, 1.807) is 13.8 Å². The van der Waals surface area contributed by atoms with Crippen molar-refractivity contribution in [3.05, 3.63) is 65.0 Å². The van der Waals surface area contributed by atoms with E-state index in [9.17, 15) is 9.90 Å². The molecule has 0 bridgehead atoms. The summed E-state index contributed by atoms with van der Waals surface area (Å²) in [5.74, 6) is 0.150. The van der Waals surface area contributed by atoms with Crippen LogP contribution in [-0.2, 0) is 34.2 Å². The van der Waals surface area contributed by atoms with Gasteiger partial charge in [-0.3, -0.25) is 4.79 Å². The third kappa shape index (κ3) is 4.42. The molecule has 1 heterocycles. The highest BCUT2D eigenvalue weighted by atomic mass is 16.5. The molecule has 0 spiro atoms. The number of para-hydroxylation sites is 1. The summed E-state index contributed by atoms with van der Waals surface area (Å²) in [6.45, 7) is 6.88. The largest absolute Gasteiger partial charge is 0.481 e. The fourth-order valence-electron chi connectivity index (χ4n) is 3.26. The molecule has 0 aliphatic rings. The maximum absolute atomic E-state index is 11.4. The monoisotopic (exact) mass is 380 g/mol. The van der Waals surface area contributed by atoms with Crippen LogP contribution in [0, 0.1) is 0 Å². The second kappa shape index (κ2) is 8.57. The van der Waals surface area contributed by atoms with Crippen molar-refractivity contribution in [2.24, 2.45) is 0 Å². The smallest absolute Gasteiger partial charge is 0.313 e. The lowest BCUT2D eigenvalue weighted by molar-refractivity contribution is -0.142. The van der Waals surface area contributed by atoms with E-state index in [1.165, 1.54) is 11.1 Å². The molecule has 0 atom stereocenters. The lowest BCUT2D eigenvalue weighted by atomic mass is 9.84. The predicted molar refractivity (Wildman–Crippen MR) is 111 cm³/mol. The number of nitrogens with zero attached hydrogens (tertiary/aromatic N) is 1. The third-order valence-corrected chi connectivity index (χ3v) is 5.23. The van der Waals surface area contributed by atoms with Gasteiger partial charge in [-0.2, -0.15) is 0 Å². The van der Waals surface area contributed by atoms with Gasteiger partial charge in [-0.15, -0.1) is 0 Å². The number of hydrogen-bond donors (Lipinski definition) is 2. The summed E-state index contributed by atoms with van der Waals surface area (Å²) in [6.07, 6.45) is 2.51. The molecule has 3 rings (SSSR count). The van der Waals surface area contributed by atoms with Gasteiger partial charge in [-0.1, -0.05) is 36.4 Å². The van der Waals surface area contributed by atoms with E-state index >= 15 is 0 Å². The van der Waals surface area contributed by atoms with Crippen molar-refractivity contribution in [3.8, 4) is 0 Å². The Morgan fingerprint density at radius 1 is 1.11 bits per heavy atom. The fraction of sp³-hybridized carbons (Fsp3) is 0.391. The number of fused-ring (bicyclic) bond motifs is 1. The zero-order chi connectivity index (χ0) is 20.1. The Balaban J connectivity index is 1.68. The fourth-order valence-corrected chi connectivity index (χ4v) is 3.26. The SMILES string of the molecule is CCOCCc1cccc2[nH]c(CCc3ccc(C(C)(C)C(=O)O)cc3)nc12. The molecule has 3 aromatic rings. The third-order valence-electron chi connectivity index (χ3n) is 5.23. The van der Waals surface area contributed by atoms with Crippen LogP contribution in [0.15, 0.2) is 42.5 Å². The molecule has 5 heteroatoms. The highest BCUT2D eigenvalue weighted by Crippen LogP contribution is 2.24. The molecule has 28 heavy (non-hydrogen) atoms. The van der Waals surface area contributed by atoms with Crippen molar-refractivity contribution >= 4 is 17.0 Å². The van der Waals surface area contributed by atoms with Gasteiger partial charge in [0.1, 0.15) is 5.82 Å². The average Bonchev–Trinajstić information content (AvgIpc) is 3.11. The predicted octanol–water partition coefficient (Wildman–Crippen LogP) is 4.29. The summed E-state index contributed by atoms with van der Waals surface area (Å²) >= 11 is 0. The Kier molecular flexibility index (Phi) is 6.15. The van der Waals surface area contributed by atoms with Gasteiger partial charge in [-0.05, 0) is 56.4 Å². The maximum atomic E-state index is 11.4.